The Kier molecular flexibility index (Phi) is 4.54. The topological polar surface area (TPSA) is 28.1 Å². The van der Waals surface area contributed by atoms with Gasteiger partial charge in [-0.1, -0.05) is 30.3 Å². The van der Waals surface area contributed by atoms with Gasteiger partial charge in [0.25, 0.3) is 6.02 Å². The van der Waals surface area contributed by atoms with Crippen molar-refractivity contribution < 1.29 is 13.5 Å². The highest BCUT2D eigenvalue weighted by atomic mass is 19.2. The highest BCUT2D eigenvalue weighted by molar-refractivity contribution is 5.78. The van der Waals surface area contributed by atoms with Crippen LogP contribution in [-0.4, -0.2) is 54.6 Å². The van der Waals surface area contributed by atoms with Gasteiger partial charge < -0.3 is 14.5 Å². The van der Waals surface area contributed by atoms with E-state index in [0.717, 1.165) is 44.5 Å². The van der Waals surface area contributed by atoms with Crippen molar-refractivity contribution in [1.29, 1.82) is 0 Å². The lowest BCUT2D eigenvalue weighted by Gasteiger charge is -2.41. The second kappa shape index (κ2) is 7.10. The number of likely N-dealkylation sites (N-methyl/N-ethyl adjacent to an activating group) is 1. The molecule has 0 aromatic heterocycles. The van der Waals surface area contributed by atoms with E-state index in [1.807, 2.05) is 12.1 Å². The van der Waals surface area contributed by atoms with Gasteiger partial charge in [0, 0.05) is 13.1 Å². The van der Waals surface area contributed by atoms with Crippen molar-refractivity contribution in [2.45, 2.75) is 30.9 Å². The van der Waals surface area contributed by atoms with Crippen molar-refractivity contribution in [3.05, 3.63) is 70.8 Å². The Morgan fingerprint density at radius 3 is 2.79 bits per heavy atom. The van der Waals surface area contributed by atoms with E-state index >= 15 is 0 Å². The molecular weight excluding hydrogens is 372 g/mol. The average molecular weight is 397 g/mol. The van der Waals surface area contributed by atoms with Crippen molar-refractivity contribution in [2.24, 2.45) is 4.99 Å². The first-order valence-electron chi connectivity index (χ1n) is 10.3. The lowest BCUT2D eigenvalue weighted by molar-refractivity contribution is 0.000258. The standard InChI is InChI=1S/C23H25F2N3O/c1-27-11-4-10-23(15-27)14-26-22(29-23)28-12-9-16-5-2-3-6-18(16)21(28)17-7-8-19(24)20(25)13-17/h2-3,5-8,13,21H,4,9-12,14-15H2,1H3/t21-,23-/m0/s1. The predicted molar refractivity (Wildman–Crippen MR) is 108 cm³/mol. The summed E-state index contributed by atoms with van der Waals surface area (Å²) >= 11 is 0. The molecule has 2 atom stereocenters. The highest BCUT2D eigenvalue weighted by Gasteiger charge is 2.44. The fourth-order valence-electron chi connectivity index (χ4n) is 4.97. The minimum Gasteiger partial charge on any atom is -0.455 e. The molecule has 0 radical (unpaired) electrons. The molecule has 0 aliphatic carbocycles. The normalized spacial score (nSPS) is 26.9. The summed E-state index contributed by atoms with van der Waals surface area (Å²) in [4.78, 5) is 9.20. The zero-order chi connectivity index (χ0) is 20.0. The molecule has 0 N–H and O–H groups in total. The molecule has 3 aliphatic heterocycles. The molecule has 0 unspecified atom stereocenters. The molecule has 1 spiro atoms. The van der Waals surface area contributed by atoms with Crippen LogP contribution in [0.5, 0.6) is 0 Å². The summed E-state index contributed by atoms with van der Waals surface area (Å²) in [6.07, 6.45) is 2.95. The number of halogens is 2. The molecule has 0 amide bonds. The molecule has 5 rings (SSSR count). The zero-order valence-electron chi connectivity index (χ0n) is 16.6. The Bertz CT molecular complexity index is 963. The molecule has 4 nitrogen and oxygen atoms in total. The molecule has 1 fully saturated rings. The number of piperidine rings is 1. The van der Waals surface area contributed by atoms with Crippen LogP contribution in [-0.2, 0) is 11.2 Å². The van der Waals surface area contributed by atoms with Gasteiger partial charge in [0.15, 0.2) is 11.6 Å². The fraction of sp³-hybridized carbons (Fsp3) is 0.435. The quantitative estimate of drug-likeness (QED) is 0.734. The number of aliphatic imine (C=N–C) groups is 1. The molecule has 3 aliphatic rings. The summed E-state index contributed by atoms with van der Waals surface area (Å²) in [6.45, 7) is 3.32. The van der Waals surface area contributed by atoms with Gasteiger partial charge in [0.1, 0.15) is 5.60 Å². The highest BCUT2D eigenvalue weighted by Crippen LogP contribution is 2.39. The second-order valence-corrected chi connectivity index (χ2v) is 8.44. The first-order chi connectivity index (χ1) is 14.0. The summed E-state index contributed by atoms with van der Waals surface area (Å²) in [5.74, 6) is -1.66. The van der Waals surface area contributed by atoms with E-state index in [9.17, 15) is 8.78 Å². The van der Waals surface area contributed by atoms with Crippen molar-refractivity contribution >= 4 is 6.02 Å². The van der Waals surface area contributed by atoms with Crippen LogP contribution in [0.3, 0.4) is 0 Å². The summed E-state index contributed by atoms with van der Waals surface area (Å²) < 4.78 is 34.2. The molecule has 0 saturated carbocycles. The van der Waals surface area contributed by atoms with E-state index in [1.165, 1.54) is 17.7 Å². The number of likely N-dealkylation sites (tertiary alicyclic amines) is 1. The summed E-state index contributed by atoms with van der Waals surface area (Å²) in [7, 11) is 2.11. The number of hydrogen-bond donors (Lipinski definition) is 0. The monoisotopic (exact) mass is 397 g/mol. The maximum atomic E-state index is 14.1. The SMILES string of the molecule is CN1CCC[C@]2(CN=C(N3CCc4ccccc4[C@@H]3c3ccc(F)c(F)c3)O2)C1. The van der Waals surface area contributed by atoms with E-state index in [4.69, 9.17) is 9.73 Å². The van der Waals surface area contributed by atoms with Gasteiger partial charge in [-0.2, -0.15) is 0 Å². The zero-order valence-corrected chi connectivity index (χ0v) is 16.6. The fourth-order valence-corrected chi connectivity index (χ4v) is 4.97. The molecule has 6 heteroatoms. The number of ether oxygens (including phenoxy) is 1. The first kappa shape index (κ1) is 18.6. The van der Waals surface area contributed by atoms with Crippen molar-refractivity contribution in [3.63, 3.8) is 0 Å². The van der Waals surface area contributed by atoms with Crippen molar-refractivity contribution in [2.75, 3.05) is 33.2 Å². The van der Waals surface area contributed by atoms with Crippen LogP contribution in [0.1, 0.15) is 35.6 Å². The van der Waals surface area contributed by atoms with E-state index in [0.29, 0.717) is 18.1 Å². The van der Waals surface area contributed by atoms with Crippen LogP contribution in [0.25, 0.3) is 0 Å². The molecule has 2 aromatic rings. The third-order valence-electron chi connectivity index (χ3n) is 6.33. The molecule has 1 saturated heterocycles. The van der Waals surface area contributed by atoms with Gasteiger partial charge in [-0.25, -0.2) is 13.8 Å². The van der Waals surface area contributed by atoms with E-state index in [1.54, 1.807) is 6.07 Å². The molecule has 29 heavy (non-hydrogen) atoms. The lowest BCUT2D eigenvalue weighted by Crippen LogP contribution is -2.51. The van der Waals surface area contributed by atoms with Crippen LogP contribution < -0.4 is 0 Å². The Hall–Kier alpha value is -2.47. The molecule has 2 aromatic carbocycles. The molecule has 3 heterocycles. The first-order valence-corrected chi connectivity index (χ1v) is 10.3. The molecule has 0 bridgehead atoms. The Morgan fingerprint density at radius 1 is 1.10 bits per heavy atom. The van der Waals surface area contributed by atoms with Crippen LogP contribution in [0.15, 0.2) is 47.5 Å². The maximum Gasteiger partial charge on any atom is 0.288 e. The summed E-state index contributed by atoms with van der Waals surface area (Å²) in [5, 5.41) is 0. The third-order valence-corrected chi connectivity index (χ3v) is 6.33. The number of benzene rings is 2. The van der Waals surface area contributed by atoms with Crippen LogP contribution >= 0.6 is 0 Å². The minimum atomic E-state index is -0.831. The predicted octanol–water partition coefficient (Wildman–Crippen LogP) is 3.76. The molecular formula is C23H25F2N3O. The molecule has 152 valence electrons. The van der Waals surface area contributed by atoms with Crippen LogP contribution in [0, 0.1) is 11.6 Å². The van der Waals surface area contributed by atoms with Crippen LogP contribution in [0.2, 0.25) is 0 Å². The van der Waals surface area contributed by atoms with Gasteiger partial charge in [0.05, 0.1) is 12.6 Å². The van der Waals surface area contributed by atoms with Gasteiger partial charge >= 0.3 is 0 Å². The maximum absolute atomic E-state index is 14.1. The number of amidine groups is 1. The smallest absolute Gasteiger partial charge is 0.288 e. The summed E-state index contributed by atoms with van der Waals surface area (Å²) in [5.41, 5.74) is 2.77. The van der Waals surface area contributed by atoms with E-state index in [-0.39, 0.29) is 11.6 Å². The Morgan fingerprint density at radius 2 is 1.97 bits per heavy atom. The lowest BCUT2D eigenvalue weighted by atomic mass is 9.88. The number of rotatable bonds is 1. The van der Waals surface area contributed by atoms with Gasteiger partial charge in [-0.15, -0.1) is 0 Å². The van der Waals surface area contributed by atoms with Gasteiger partial charge in [0.2, 0.25) is 0 Å². The van der Waals surface area contributed by atoms with E-state index in [2.05, 4.69) is 29.0 Å². The van der Waals surface area contributed by atoms with E-state index < -0.39 is 11.6 Å². The van der Waals surface area contributed by atoms with Crippen LogP contribution in [0.4, 0.5) is 8.78 Å². The Labute approximate surface area is 169 Å². The van der Waals surface area contributed by atoms with Gasteiger partial charge in [-0.3, -0.25) is 0 Å². The largest absolute Gasteiger partial charge is 0.455 e. The Balaban J connectivity index is 1.51. The third kappa shape index (κ3) is 3.29. The average Bonchev–Trinajstić information content (AvgIpc) is 3.12. The van der Waals surface area contributed by atoms with Crippen molar-refractivity contribution in [1.82, 2.24) is 9.80 Å². The number of fused-ring (bicyclic) bond motifs is 1. The second-order valence-electron chi connectivity index (χ2n) is 8.44. The number of hydrogen-bond acceptors (Lipinski definition) is 4. The minimum absolute atomic E-state index is 0.245. The van der Waals surface area contributed by atoms with Crippen molar-refractivity contribution in [3.8, 4) is 0 Å². The number of nitrogens with zero attached hydrogens (tertiary/aromatic N) is 3. The summed E-state index contributed by atoms with van der Waals surface area (Å²) in [6, 6.07) is 12.7. The van der Waals surface area contributed by atoms with Gasteiger partial charge in [-0.05, 0) is 61.7 Å².